The van der Waals surface area contributed by atoms with E-state index in [4.69, 9.17) is 28.4 Å². The van der Waals surface area contributed by atoms with E-state index in [2.05, 4.69) is 0 Å². The Balaban J connectivity index is 0.00000369. The third-order valence-corrected chi connectivity index (χ3v) is 13.9. The van der Waals surface area contributed by atoms with Crippen molar-refractivity contribution in [3.8, 4) is 5.75 Å². The quantitative estimate of drug-likeness (QED) is 0.0335. The molecule has 2 amide bonds. The third-order valence-electron chi connectivity index (χ3n) is 10.4. The smallest absolute Gasteiger partial charge is 0.419 e. The molecule has 5 aromatic rings. The SMILES string of the molecule is CC.COc1ccc2cccc(CCN(C(C)=O)C(=O)OCOC(=O)CC3(CC(=O)OC(COC=O)COC(=O)S(c4ccccc4)(c4ccccc4)c4ccccc4)CC3)c2c1. The second-order valence-electron chi connectivity index (χ2n) is 14.5. The number of amides is 2. The Morgan fingerprint density at radius 3 is 1.84 bits per heavy atom. The predicted octanol–water partition coefficient (Wildman–Crippen LogP) is 9.67. The van der Waals surface area contributed by atoms with E-state index in [-0.39, 0.29) is 32.5 Å². The molecule has 1 saturated carbocycles. The average Bonchev–Trinajstić information content (AvgIpc) is 4.06. The fourth-order valence-corrected chi connectivity index (χ4v) is 10.4. The molecule has 332 valence electrons. The minimum absolute atomic E-state index is 0.0247. The number of carbonyl (C=O) groups excluding carboxylic acids is 6. The zero-order chi connectivity index (χ0) is 45.2. The molecule has 63 heavy (non-hydrogen) atoms. The van der Waals surface area contributed by atoms with Crippen molar-refractivity contribution in [1.29, 1.82) is 0 Å². The number of imide groups is 1. The topological polar surface area (TPSA) is 161 Å². The summed E-state index contributed by atoms with van der Waals surface area (Å²) in [6, 6.07) is 39.4. The van der Waals surface area contributed by atoms with Crippen molar-refractivity contribution in [2.75, 3.05) is 33.7 Å². The summed E-state index contributed by atoms with van der Waals surface area (Å²) in [5.41, 5.74) is 0.140. The highest BCUT2D eigenvalue weighted by Gasteiger charge is 2.47. The van der Waals surface area contributed by atoms with Gasteiger partial charge in [0.15, 0.2) is 6.10 Å². The molecule has 1 atom stereocenters. The van der Waals surface area contributed by atoms with Gasteiger partial charge in [-0.15, -0.1) is 0 Å². The van der Waals surface area contributed by atoms with Crippen LogP contribution in [0.5, 0.6) is 5.75 Å². The number of nitrogens with zero attached hydrogens (tertiary/aromatic N) is 1. The second-order valence-corrected chi connectivity index (χ2v) is 17.4. The molecule has 13 nitrogen and oxygen atoms in total. The van der Waals surface area contributed by atoms with Crippen molar-refractivity contribution in [3.63, 3.8) is 0 Å². The van der Waals surface area contributed by atoms with Crippen LogP contribution in [0.3, 0.4) is 0 Å². The van der Waals surface area contributed by atoms with Crippen LogP contribution in [0.2, 0.25) is 0 Å². The van der Waals surface area contributed by atoms with E-state index in [9.17, 15) is 28.8 Å². The van der Waals surface area contributed by atoms with Gasteiger partial charge in [-0.25, -0.2) is 14.5 Å². The molecule has 0 spiro atoms. The van der Waals surface area contributed by atoms with Gasteiger partial charge in [0.25, 0.3) is 6.47 Å². The lowest BCUT2D eigenvalue weighted by molar-refractivity contribution is -0.160. The van der Waals surface area contributed by atoms with Crippen molar-refractivity contribution < 1.29 is 57.2 Å². The highest BCUT2D eigenvalue weighted by Crippen LogP contribution is 2.69. The second kappa shape index (κ2) is 23.0. The molecule has 1 unspecified atom stereocenters. The Hall–Kier alpha value is -6.67. The minimum Gasteiger partial charge on any atom is -0.497 e. The molecule has 0 aromatic heterocycles. The van der Waals surface area contributed by atoms with Crippen molar-refractivity contribution in [3.05, 3.63) is 133 Å². The maximum Gasteiger partial charge on any atom is 0.419 e. The monoisotopic (exact) mass is 879 g/mol. The molecule has 0 saturated heterocycles. The summed E-state index contributed by atoms with van der Waals surface area (Å²) in [7, 11) is -1.08. The highest BCUT2D eigenvalue weighted by molar-refractivity contribution is 8.45. The van der Waals surface area contributed by atoms with Crippen LogP contribution in [0.1, 0.15) is 52.0 Å². The van der Waals surface area contributed by atoms with Crippen LogP contribution in [0, 0.1) is 5.41 Å². The van der Waals surface area contributed by atoms with Gasteiger partial charge in [0.1, 0.15) is 19.0 Å². The Morgan fingerprint density at radius 2 is 1.30 bits per heavy atom. The molecule has 1 fully saturated rings. The first kappa shape index (κ1) is 47.4. The lowest BCUT2D eigenvalue weighted by Gasteiger charge is -2.38. The lowest BCUT2D eigenvalue weighted by Crippen LogP contribution is -2.37. The Morgan fingerprint density at radius 1 is 0.714 bits per heavy atom. The summed E-state index contributed by atoms with van der Waals surface area (Å²) in [5, 5.41) is 1.35. The molecule has 0 aliphatic heterocycles. The van der Waals surface area contributed by atoms with Crippen molar-refractivity contribution in [1.82, 2.24) is 4.90 Å². The van der Waals surface area contributed by atoms with Crippen LogP contribution >= 0.6 is 10.0 Å². The van der Waals surface area contributed by atoms with Crippen molar-refractivity contribution in [2.45, 2.75) is 73.7 Å². The Labute approximate surface area is 368 Å². The first-order valence-electron chi connectivity index (χ1n) is 20.6. The molecule has 1 aliphatic rings. The van der Waals surface area contributed by atoms with Crippen molar-refractivity contribution >= 4 is 56.5 Å². The summed E-state index contributed by atoms with van der Waals surface area (Å²) < 4.78 is 32.3. The Kier molecular flexibility index (Phi) is 17.3. The van der Waals surface area contributed by atoms with Gasteiger partial charge in [0.2, 0.25) is 12.7 Å². The van der Waals surface area contributed by atoms with Gasteiger partial charge < -0.3 is 28.4 Å². The number of hydrogen-bond donors (Lipinski definition) is 0. The molecule has 0 bridgehead atoms. The zero-order valence-corrected chi connectivity index (χ0v) is 36.7. The zero-order valence-electron chi connectivity index (χ0n) is 35.9. The van der Waals surface area contributed by atoms with E-state index in [0.717, 1.165) is 35.9 Å². The highest BCUT2D eigenvalue weighted by atomic mass is 32.3. The van der Waals surface area contributed by atoms with E-state index in [1.807, 2.05) is 141 Å². The normalized spacial score (nSPS) is 13.1. The lowest BCUT2D eigenvalue weighted by atomic mass is 9.98. The fraction of sp³-hybridized carbons (Fsp3) is 0.306. The molecule has 14 heteroatoms. The van der Waals surface area contributed by atoms with Crippen LogP contribution < -0.4 is 4.74 Å². The first-order chi connectivity index (χ1) is 30.6. The number of benzene rings is 5. The van der Waals surface area contributed by atoms with Crippen molar-refractivity contribution in [2.24, 2.45) is 5.41 Å². The van der Waals surface area contributed by atoms with Crippen LogP contribution in [-0.4, -0.2) is 80.4 Å². The first-order valence-corrected chi connectivity index (χ1v) is 22.3. The summed E-state index contributed by atoms with van der Waals surface area (Å²) in [6.07, 6.45) is -1.05. The maximum atomic E-state index is 14.5. The van der Waals surface area contributed by atoms with Crippen LogP contribution in [0.25, 0.3) is 10.8 Å². The number of methoxy groups -OCH3 is 1. The average molecular weight is 880 g/mol. The van der Waals surface area contributed by atoms with Gasteiger partial charge in [-0.3, -0.25) is 19.2 Å². The standard InChI is InChI=1S/C47H47NO12S.C2H6/c1-34(50)48(26-23-36-14-12-13-35-21-22-37(55-2)27-42(35)36)45(53)59-33-58-43(51)28-47(24-25-47)29-44(52)60-38(30-56-32-49)31-57-46(54)61(39-15-6-3-7-16-39,40-17-8-4-9-18-40)41-19-10-5-11-20-41;1-2/h3-22,27,32,38H,23-26,28-31,33H2,1-2H3;1-2H3. The van der Waals surface area contributed by atoms with Gasteiger partial charge in [-0.2, -0.15) is 0 Å². The van der Waals surface area contributed by atoms with E-state index in [1.54, 1.807) is 7.11 Å². The molecule has 0 heterocycles. The van der Waals surface area contributed by atoms with Gasteiger partial charge in [0.05, 0.1) is 20.0 Å². The molecule has 0 radical (unpaired) electrons. The number of ether oxygens (including phenoxy) is 6. The van der Waals surface area contributed by atoms with Crippen LogP contribution in [0.4, 0.5) is 9.59 Å². The van der Waals surface area contributed by atoms with E-state index < -0.39 is 64.2 Å². The molecular weight excluding hydrogens is 827 g/mol. The number of carbonyl (C=O) groups is 6. The predicted molar refractivity (Wildman–Crippen MR) is 236 cm³/mol. The van der Waals surface area contributed by atoms with Gasteiger partial charge in [-0.05, 0) is 89.5 Å². The largest absolute Gasteiger partial charge is 0.497 e. The number of rotatable bonds is 19. The number of esters is 2. The fourth-order valence-electron chi connectivity index (χ4n) is 7.06. The van der Waals surface area contributed by atoms with E-state index >= 15 is 0 Å². The minimum atomic E-state index is -2.65. The third kappa shape index (κ3) is 12.3. The van der Waals surface area contributed by atoms with Gasteiger partial charge in [0, 0.05) is 28.2 Å². The molecule has 5 aromatic carbocycles. The summed E-state index contributed by atoms with van der Waals surface area (Å²) >= 11 is 0. The van der Waals surface area contributed by atoms with Gasteiger partial charge in [-0.1, -0.05) is 103 Å². The van der Waals surface area contributed by atoms with Gasteiger partial charge >= 0.3 is 23.3 Å². The van der Waals surface area contributed by atoms with E-state index in [0.29, 0.717) is 25.0 Å². The summed E-state index contributed by atoms with van der Waals surface area (Å²) in [5.74, 6) is -1.27. The Bertz CT molecular complexity index is 2220. The number of fused-ring (bicyclic) bond motifs is 1. The molecule has 0 N–H and O–H groups in total. The summed E-state index contributed by atoms with van der Waals surface area (Å²) in [4.78, 5) is 80.3. The van der Waals surface area contributed by atoms with E-state index in [1.165, 1.54) is 6.92 Å². The molecule has 6 rings (SSSR count). The molecular formula is C49H53NO12S. The maximum absolute atomic E-state index is 14.5. The number of hydrogen-bond acceptors (Lipinski definition) is 12. The summed E-state index contributed by atoms with van der Waals surface area (Å²) in [6.45, 7) is 3.96. The molecule has 1 aliphatic carbocycles. The van der Waals surface area contributed by atoms with Crippen LogP contribution in [0.15, 0.2) is 142 Å². The van der Waals surface area contributed by atoms with Crippen LogP contribution in [-0.2, 0) is 49.3 Å².